The van der Waals surface area contributed by atoms with Crippen molar-refractivity contribution in [3.05, 3.63) is 65.2 Å². The van der Waals surface area contributed by atoms with Gasteiger partial charge in [-0.15, -0.1) is 0 Å². The largest absolute Gasteiger partial charge is 0.497 e. The summed E-state index contributed by atoms with van der Waals surface area (Å²) in [6, 6.07) is 14.5. The van der Waals surface area contributed by atoms with E-state index in [9.17, 15) is 14.4 Å². The predicted molar refractivity (Wildman–Crippen MR) is 115 cm³/mol. The quantitative estimate of drug-likeness (QED) is 0.713. The molecule has 0 bridgehead atoms. The third-order valence-corrected chi connectivity index (χ3v) is 5.45. The fraction of sp³-hybridized carbons (Fsp3) is 0.375. The van der Waals surface area contributed by atoms with E-state index in [1.54, 1.807) is 48.4 Å². The molecule has 1 fully saturated rings. The van der Waals surface area contributed by atoms with E-state index in [1.807, 2.05) is 19.1 Å². The Kier molecular flexibility index (Phi) is 7.22. The number of nitrogens with zero attached hydrogens (tertiary/aromatic N) is 1. The third-order valence-electron chi connectivity index (χ3n) is 5.45. The Morgan fingerprint density at radius 2 is 1.70 bits per heavy atom. The van der Waals surface area contributed by atoms with Crippen molar-refractivity contribution in [3.8, 4) is 5.75 Å². The van der Waals surface area contributed by atoms with Crippen molar-refractivity contribution in [2.24, 2.45) is 0 Å². The maximum atomic E-state index is 12.5. The lowest BCUT2D eigenvalue weighted by molar-refractivity contribution is -0.132. The summed E-state index contributed by atoms with van der Waals surface area (Å²) in [5, 5.41) is 3.04. The number of piperidine rings is 1. The number of aryl methyl sites for hydroxylation is 1. The molecule has 0 atom stereocenters. The minimum Gasteiger partial charge on any atom is -0.497 e. The number of ketones is 1. The predicted octanol–water partition coefficient (Wildman–Crippen LogP) is 3.39. The van der Waals surface area contributed by atoms with E-state index in [1.165, 1.54) is 0 Å². The number of rotatable bonds is 7. The summed E-state index contributed by atoms with van der Waals surface area (Å²) in [6.07, 6.45) is 1.84. The van der Waals surface area contributed by atoms with Crippen LogP contribution >= 0.6 is 0 Å². The molecule has 1 saturated heterocycles. The second kappa shape index (κ2) is 10.1. The molecule has 0 radical (unpaired) electrons. The molecule has 1 aliphatic rings. The number of carbonyl (C=O) groups is 3. The zero-order chi connectivity index (χ0) is 21.5. The molecule has 30 heavy (non-hydrogen) atoms. The summed E-state index contributed by atoms with van der Waals surface area (Å²) in [5.74, 6) is 0.488. The van der Waals surface area contributed by atoms with Crippen molar-refractivity contribution in [2.45, 2.75) is 38.6 Å². The van der Waals surface area contributed by atoms with Gasteiger partial charge in [-0.25, -0.2) is 0 Å². The van der Waals surface area contributed by atoms with Crippen LogP contribution in [-0.2, 0) is 4.79 Å². The van der Waals surface area contributed by atoms with E-state index in [2.05, 4.69) is 5.32 Å². The van der Waals surface area contributed by atoms with Gasteiger partial charge in [0.25, 0.3) is 5.91 Å². The SMILES string of the molecule is COc1cccc(C(=O)NC2CCN(C(=O)CCC(=O)c3ccc(C)cc3)CC2)c1. The van der Waals surface area contributed by atoms with Gasteiger partial charge in [0, 0.05) is 43.1 Å². The lowest BCUT2D eigenvalue weighted by Crippen LogP contribution is -2.46. The first-order valence-electron chi connectivity index (χ1n) is 10.3. The van der Waals surface area contributed by atoms with Crippen molar-refractivity contribution in [1.29, 1.82) is 0 Å². The maximum absolute atomic E-state index is 12.5. The van der Waals surface area contributed by atoms with E-state index in [-0.39, 0.29) is 36.5 Å². The summed E-state index contributed by atoms with van der Waals surface area (Å²) in [5.41, 5.74) is 2.30. The van der Waals surface area contributed by atoms with Crippen molar-refractivity contribution < 1.29 is 19.1 Å². The minimum absolute atomic E-state index is 0.00645. The van der Waals surface area contributed by atoms with Gasteiger partial charge < -0.3 is 15.0 Å². The lowest BCUT2D eigenvalue weighted by atomic mass is 10.0. The molecule has 6 nitrogen and oxygen atoms in total. The highest BCUT2D eigenvalue weighted by atomic mass is 16.5. The summed E-state index contributed by atoms with van der Waals surface area (Å²) >= 11 is 0. The molecule has 2 aromatic rings. The molecule has 6 heteroatoms. The second-order valence-electron chi connectivity index (χ2n) is 7.65. The molecule has 1 aliphatic heterocycles. The highest BCUT2D eigenvalue weighted by molar-refractivity contribution is 5.98. The van der Waals surface area contributed by atoms with Gasteiger partial charge in [-0.1, -0.05) is 35.9 Å². The van der Waals surface area contributed by atoms with E-state index in [0.29, 0.717) is 42.8 Å². The first-order valence-corrected chi connectivity index (χ1v) is 10.3. The molecule has 158 valence electrons. The van der Waals surface area contributed by atoms with Crippen LogP contribution in [-0.4, -0.2) is 48.7 Å². The van der Waals surface area contributed by atoms with Crippen LogP contribution in [0.25, 0.3) is 0 Å². The van der Waals surface area contributed by atoms with E-state index < -0.39 is 0 Å². The number of hydrogen-bond donors (Lipinski definition) is 1. The van der Waals surface area contributed by atoms with Crippen LogP contribution in [0, 0.1) is 6.92 Å². The number of ether oxygens (including phenoxy) is 1. The molecule has 3 rings (SSSR count). The van der Waals surface area contributed by atoms with Crippen LogP contribution in [0.1, 0.15) is 52.0 Å². The molecule has 0 aliphatic carbocycles. The zero-order valence-electron chi connectivity index (χ0n) is 17.5. The molecule has 1 N–H and O–H groups in total. The number of likely N-dealkylation sites (tertiary alicyclic amines) is 1. The van der Waals surface area contributed by atoms with Crippen LogP contribution in [0.3, 0.4) is 0 Å². The Bertz CT molecular complexity index is 900. The number of methoxy groups -OCH3 is 1. The van der Waals surface area contributed by atoms with Gasteiger partial charge in [0.05, 0.1) is 7.11 Å². The van der Waals surface area contributed by atoms with Gasteiger partial charge in [-0.3, -0.25) is 14.4 Å². The van der Waals surface area contributed by atoms with Crippen LogP contribution < -0.4 is 10.1 Å². The normalized spacial score (nSPS) is 14.3. The zero-order valence-corrected chi connectivity index (χ0v) is 17.5. The van der Waals surface area contributed by atoms with Gasteiger partial charge in [0.2, 0.25) is 5.91 Å². The number of amides is 2. The molecule has 2 amide bonds. The molecule has 0 aromatic heterocycles. The first kappa shape index (κ1) is 21.6. The molecular weight excluding hydrogens is 380 g/mol. The van der Waals surface area contributed by atoms with Gasteiger partial charge in [0.15, 0.2) is 5.78 Å². The number of carbonyl (C=O) groups excluding carboxylic acids is 3. The Balaban J connectivity index is 1.43. The van der Waals surface area contributed by atoms with E-state index in [0.717, 1.165) is 5.56 Å². The summed E-state index contributed by atoms with van der Waals surface area (Å²) in [7, 11) is 1.57. The topological polar surface area (TPSA) is 75.7 Å². The van der Waals surface area contributed by atoms with Crippen molar-refractivity contribution in [3.63, 3.8) is 0 Å². The molecule has 0 saturated carbocycles. The van der Waals surface area contributed by atoms with Gasteiger partial charge in [-0.05, 0) is 38.0 Å². The fourth-order valence-electron chi connectivity index (χ4n) is 3.57. The first-order chi connectivity index (χ1) is 14.5. The summed E-state index contributed by atoms with van der Waals surface area (Å²) < 4.78 is 5.16. The highest BCUT2D eigenvalue weighted by Gasteiger charge is 2.24. The summed E-state index contributed by atoms with van der Waals surface area (Å²) in [6.45, 7) is 3.14. The average Bonchev–Trinajstić information content (AvgIpc) is 2.78. The Morgan fingerprint density at radius 1 is 1.00 bits per heavy atom. The van der Waals surface area contributed by atoms with Crippen LogP contribution in [0.15, 0.2) is 48.5 Å². The smallest absolute Gasteiger partial charge is 0.251 e. The Morgan fingerprint density at radius 3 is 2.37 bits per heavy atom. The number of benzene rings is 2. The standard InChI is InChI=1S/C24H28N2O4/c1-17-6-8-18(9-7-17)22(27)10-11-23(28)26-14-12-20(13-15-26)25-24(29)19-4-3-5-21(16-19)30-2/h3-9,16,20H,10-15H2,1-2H3,(H,25,29). The van der Waals surface area contributed by atoms with Gasteiger partial charge in [-0.2, -0.15) is 0 Å². The lowest BCUT2D eigenvalue weighted by Gasteiger charge is -2.32. The second-order valence-corrected chi connectivity index (χ2v) is 7.65. The van der Waals surface area contributed by atoms with Crippen LogP contribution in [0.2, 0.25) is 0 Å². The third kappa shape index (κ3) is 5.69. The molecule has 0 spiro atoms. The molecule has 1 heterocycles. The number of hydrogen-bond acceptors (Lipinski definition) is 4. The molecule has 0 unspecified atom stereocenters. The van der Waals surface area contributed by atoms with Crippen LogP contribution in [0.5, 0.6) is 5.75 Å². The monoisotopic (exact) mass is 408 g/mol. The van der Waals surface area contributed by atoms with Crippen molar-refractivity contribution in [2.75, 3.05) is 20.2 Å². The average molecular weight is 408 g/mol. The fourth-order valence-corrected chi connectivity index (χ4v) is 3.57. The van der Waals surface area contributed by atoms with Gasteiger partial charge in [0.1, 0.15) is 5.75 Å². The van der Waals surface area contributed by atoms with Gasteiger partial charge >= 0.3 is 0 Å². The van der Waals surface area contributed by atoms with E-state index >= 15 is 0 Å². The number of Topliss-reactive ketones (excluding diaryl/α,β-unsaturated/α-hetero) is 1. The molecular formula is C24H28N2O4. The Labute approximate surface area is 177 Å². The Hall–Kier alpha value is -3.15. The highest BCUT2D eigenvalue weighted by Crippen LogP contribution is 2.16. The van der Waals surface area contributed by atoms with E-state index in [4.69, 9.17) is 4.74 Å². The number of nitrogens with one attached hydrogen (secondary N) is 1. The maximum Gasteiger partial charge on any atom is 0.251 e. The minimum atomic E-state index is -0.137. The van der Waals surface area contributed by atoms with Crippen molar-refractivity contribution in [1.82, 2.24) is 10.2 Å². The van der Waals surface area contributed by atoms with Crippen LogP contribution in [0.4, 0.5) is 0 Å². The summed E-state index contributed by atoms with van der Waals surface area (Å²) in [4.78, 5) is 39.0. The van der Waals surface area contributed by atoms with Crippen molar-refractivity contribution >= 4 is 17.6 Å². The molecule has 2 aromatic carbocycles.